The molecule has 2 amide bonds. The van der Waals surface area contributed by atoms with E-state index in [2.05, 4.69) is 26.6 Å². The maximum Gasteiger partial charge on any atom is 0.251 e. The van der Waals surface area contributed by atoms with Crippen molar-refractivity contribution in [3.05, 3.63) is 64.1 Å². The van der Waals surface area contributed by atoms with Crippen molar-refractivity contribution in [3.8, 4) is 0 Å². The maximum absolute atomic E-state index is 12.7. The second-order valence-electron chi connectivity index (χ2n) is 7.08. The second-order valence-corrected chi connectivity index (χ2v) is 9.93. The largest absolute Gasteiger partial charge is 0.350 e. The van der Waals surface area contributed by atoms with Crippen LogP contribution < -0.4 is 10.6 Å². The highest BCUT2D eigenvalue weighted by Crippen LogP contribution is 2.20. The van der Waals surface area contributed by atoms with Crippen LogP contribution in [0.4, 0.5) is 0 Å². The van der Waals surface area contributed by atoms with Crippen LogP contribution in [0, 0.1) is 0 Å². The lowest BCUT2D eigenvalue weighted by Crippen LogP contribution is -2.36. The zero-order valence-corrected chi connectivity index (χ0v) is 18.8. The van der Waals surface area contributed by atoms with E-state index >= 15 is 0 Å². The van der Waals surface area contributed by atoms with E-state index in [1.807, 2.05) is 6.07 Å². The number of sulfonamides is 1. The SMILES string of the molecule is O=C(CNC(=O)c1cccc(Br)c1)NCc1ccc(S(=O)(=O)N2CCCCC2)cc1. The minimum atomic E-state index is -3.46. The summed E-state index contributed by atoms with van der Waals surface area (Å²) in [4.78, 5) is 24.3. The third kappa shape index (κ3) is 5.90. The van der Waals surface area contributed by atoms with Gasteiger partial charge in [0.1, 0.15) is 0 Å². The molecule has 0 radical (unpaired) electrons. The molecule has 0 spiro atoms. The minimum Gasteiger partial charge on any atom is -0.350 e. The first-order valence-electron chi connectivity index (χ1n) is 9.76. The second kappa shape index (κ2) is 10.2. The normalized spacial score (nSPS) is 14.8. The number of piperidine rings is 1. The number of amides is 2. The summed E-state index contributed by atoms with van der Waals surface area (Å²) in [7, 11) is -3.46. The monoisotopic (exact) mass is 493 g/mol. The molecule has 0 atom stereocenters. The molecule has 1 aliphatic heterocycles. The molecule has 0 aliphatic carbocycles. The van der Waals surface area contributed by atoms with E-state index in [9.17, 15) is 18.0 Å². The summed E-state index contributed by atoms with van der Waals surface area (Å²) in [5.41, 5.74) is 1.24. The number of carbonyl (C=O) groups is 2. The predicted octanol–water partition coefficient (Wildman–Crippen LogP) is 2.67. The van der Waals surface area contributed by atoms with Crippen molar-refractivity contribution in [2.75, 3.05) is 19.6 Å². The standard InChI is InChI=1S/C21H24BrN3O4S/c22-18-6-4-5-17(13-18)21(27)24-15-20(26)23-14-16-7-9-19(10-8-16)30(28,29)25-11-2-1-3-12-25/h4-10,13H,1-3,11-12,14-15H2,(H,23,26)(H,24,27). The van der Waals surface area contributed by atoms with Crippen LogP contribution in [-0.4, -0.2) is 44.2 Å². The lowest BCUT2D eigenvalue weighted by atomic mass is 10.2. The van der Waals surface area contributed by atoms with Crippen LogP contribution in [-0.2, 0) is 21.4 Å². The lowest BCUT2D eigenvalue weighted by molar-refractivity contribution is -0.120. The summed E-state index contributed by atoms with van der Waals surface area (Å²) in [5, 5.41) is 5.29. The van der Waals surface area contributed by atoms with Gasteiger partial charge in [-0.2, -0.15) is 4.31 Å². The Morgan fingerprint density at radius 3 is 2.33 bits per heavy atom. The van der Waals surface area contributed by atoms with Gasteiger partial charge in [0.2, 0.25) is 15.9 Å². The molecular weight excluding hydrogens is 470 g/mol. The van der Waals surface area contributed by atoms with Crippen molar-refractivity contribution in [1.82, 2.24) is 14.9 Å². The molecule has 2 aromatic rings. The van der Waals surface area contributed by atoms with Crippen molar-refractivity contribution < 1.29 is 18.0 Å². The first kappa shape index (κ1) is 22.5. The fourth-order valence-electron chi connectivity index (χ4n) is 3.19. The van der Waals surface area contributed by atoms with Gasteiger partial charge in [-0.15, -0.1) is 0 Å². The Bertz CT molecular complexity index is 1000. The number of hydrogen-bond donors (Lipinski definition) is 2. The molecule has 2 aromatic carbocycles. The Labute approximate surface area is 185 Å². The summed E-state index contributed by atoms with van der Waals surface area (Å²) in [6.07, 6.45) is 2.84. The van der Waals surface area contributed by atoms with Crippen LogP contribution in [0.5, 0.6) is 0 Å². The van der Waals surface area contributed by atoms with Crippen molar-refractivity contribution in [2.24, 2.45) is 0 Å². The van der Waals surface area contributed by atoms with Gasteiger partial charge in [-0.05, 0) is 48.7 Å². The Balaban J connectivity index is 1.48. The highest BCUT2D eigenvalue weighted by molar-refractivity contribution is 9.10. The number of halogens is 1. The third-order valence-corrected chi connectivity index (χ3v) is 7.27. The summed E-state index contributed by atoms with van der Waals surface area (Å²) in [6.45, 7) is 1.22. The summed E-state index contributed by atoms with van der Waals surface area (Å²) >= 11 is 3.30. The zero-order chi connectivity index (χ0) is 21.6. The molecule has 0 bridgehead atoms. The van der Waals surface area contributed by atoms with Gasteiger partial charge >= 0.3 is 0 Å². The number of carbonyl (C=O) groups excluding carboxylic acids is 2. The molecule has 0 aromatic heterocycles. The van der Waals surface area contributed by atoms with Gasteiger partial charge in [0.25, 0.3) is 5.91 Å². The van der Waals surface area contributed by atoms with Crippen LogP contribution in [0.2, 0.25) is 0 Å². The molecule has 1 heterocycles. The van der Waals surface area contributed by atoms with Crippen LogP contribution in [0.3, 0.4) is 0 Å². The van der Waals surface area contributed by atoms with E-state index in [4.69, 9.17) is 0 Å². The van der Waals surface area contributed by atoms with Crippen molar-refractivity contribution in [3.63, 3.8) is 0 Å². The van der Waals surface area contributed by atoms with E-state index in [1.165, 1.54) is 4.31 Å². The molecule has 0 unspecified atom stereocenters. The van der Waals surface area contributed by atoms with Gasteiger partial charge in [0.05, 0.1) is 11.4 Å². The summed E-state index contributed by atoms with van der Waals surface area (Å²) < 4.78 is 27.6. The molecule has 0 saturated carbocycles. The van der Waals surface area contributed by atoms with E-state index in [0.29, 0.717) is 18.7 Å². The Morgan fingerprint density at radius 1 is 0.967 bits per heavy atom. The maximum atomic E-state index is 12.7. The fourth-order valence-corrected chi connectivity index (χ4v) is 5.11. The molecule has 3 rings (SSSR count). The van der Waals surface area contributed by atoms with Gasteiger partial charge in [0, 0.05) is 29.7 Å². The highest BCUT2D eigenvalue weighted by Gasteiger charge is 2.25. The molecule has 2 N–H and O–H groups in total. The first-order chi connectivity index (χ1) is 14.4. The van der Waals surface area contributed by atoms with Crippen molar-refractivity contribution in [1.29, 1.82) is 0 Å². The summed E-state index contributed by atoms with van der Waals surface area (Å²) in [6, 6.07) is 13.4. The minimum absolute atomic E-state index is 0.146. The smallest absolute Gasteiger partial charge is 0.251 e. The topological polar surface area (TPSA) is 95.6 Å². The van der Waals surface area contributed by atoms with E-state index in [0.717, 1.165) is 29.3 Å². The number of rotatable bonds is 7. The average molecular weight is 494 g/mol. The van der Waals surface area contributed by atoms with Crippen molar-refractivity contribution in [2.45, 2.75) is 30.7 Å². The molecule has 1 aliphatic rings. The highest BCUT2D eigenvalue weighted by atomic mass is 79.9. The van der Waals surface area contributed by atoms with Gasteiger partial charge in [-0.25, -0.2) is 8.42 Å². The number of nitrogens with one attached hydrogen (secondary N) is 2. The first-order valence-corrected chi connectivity index (χ1v) is 12.0. The number of hydrogen-bond acceptors (Lipinski definition) is 4. The van der Waals surface area contributed by atoms with Crippen LogP contribution in [0.25, 0.3) is 0 Å². The van der Waals surface area contributed by atoms with Crippen LogP contribution >= 0.6 is 15.9 Å². The number of nitrogens with zero attached hydrogens (tertiary/aromatic N) is 1. The molecule has 9 heteroatoms. The Morgan fingerprint density at radius 2 is 1.67 bits per heavy atom. The Hall–Kier alpha value is -2.23. The molecular formula is C21H24BrN3O4S. The average Bonchev–Trinajstić information content (AvgIpc) is 2.77. The van der Waals surface area contributed by atoms with E-state index in [1.54, 1.807) is 42.5 Å². The van der Waals surface area contributed by atoms with Gasteiger partial charge < -0.3 is 10.6 Å². The van der Waals surface area contributed by atoms with E-state index in [-0.39, 0.29) is 29.8 Å². The zero-order valence-electron chi connectivity index (χ0n) is 16.4. The molecule has 160 valence electrons. The lowest BCUT2D eigenvalue weighted by Gasteiger charge is -2.25. The molecule has 30 heavy (non-hydrogen) atoms. The Kier molecular flexibility index (Phi) is 7.63. The van der Waals surface area contributed by atoms with Crippen LogP contribution in [0.1, 0.15) is 35.2 Å². The van der Waals surface area contributed by atoms with E-state index < -0.39 is 10.0 Å². The van der Waals surface area contributed by atoms with Crippen molar-refractivity contribution >= 4 is 37.8 Å². The van der Waals surface area contributed by atoms with Gasteiger partial charge in [-0.3, -0.25) is 9.59 Å². The molecule has 1 saturated heterocycles. The predicted molar refractivity (Wildman–Crippen MR) is 117 cm³/mol. The van der Waals surface area contributed by atoms with Gasteiger partial charge in [-0.1, -0.05) is 40.5 Å². The molecule has 1 fully saturated rings. The molecule has 7 nitrogen and oxygen atoms in total. The summed E-state index contributed by atoms with van der Waals surface area (Å²) in [5.74, 6) is -0.665. The van der Waals surface area contributed by atoms with Gasteiger partial charge in [0.15, 0.2) is 0 Å². The fraction of sp³-hybridized carbons (Fsp3) is 0.333. The van der Waals surface area contributed by atoms with Crippen LogP contribution in [0.15, 0.2) is 57.9 Å². The quantitative estimate of drug-likeness (QED) is 0.619. The third-order valence-electron chi connectivity index (χ3n) is 4.86. The number of benzene rings is 2.